The van der Waals surface area contributed by atoms with Crippen molar-refractivity contribution in [1.29, 1.82) is 0 Å². The zero-order chi connectivity index (χ0) is 31.8. The van der Waals surface area contributed by atoms with Crippen molar-refractivity contribution in [3.63, 3.8) is 0 Å². The molecule has 2 aromatic heterocycles. The molecular weight excluding hydrogens is 601 g/mol. The first-order valence-electron chi connectivity index (χ1n) is 15.3. The van der Waals surface area contributed by atoms with E-state index in [-0.39, 0.29) is 33.7 Å². The van der Waals surface area contributed by atoms with Gasteiger partial charge in [0.1, 0.15) is 27.9 Å². The maximum atomic E-state index is 16.0. The molecule has 1 amide bonds. The fraction of sp³-hybridized carbons (Fsp3) is 0.441. The number of fused-ring (bicyclic) bond motifs is 9. The van der Waals surface area contributed by atoms with E-state index in [2.05, 4.69) is 12.2 Å². The largest absolute Gasteiger partial charge is 0.616 e. The predicted octanol–water partition coefficient (Wildman–Crippen LogP) is 7.22. The highest BCUT2D eigenvalue weighted by atomic mass is 32.2. The summed E-state index contributed by atoms with van der Waals surface area (Å²) in [4.78, 5) is 22.5. The van der Waals surface area contributed by atoms with E-state index in [0.717, 1.165) is 23.9 Å². The molecule has 1 unspecified atom stereocenters. The summed E-state index contributed by atoms with van der Waals surface area (Å²) in [6.07, 6.45) is 4.54. The molecule has 1 fully saturated rings. The Morgan fingerprint density at radius 2 is 2.00 bits per heavy atom. The molecule has 236 valence electrons. The van der Waals surface area contributed by atoms with Crippen LogP contribution in [0.2, 0.25) is 0 Å². The van der Waals surface area contributed by atoms with Gasteiger partial charge in [0.05, 0.1) is 28.8 Å². The summed E-state index contributed by atoms with van der Waals surface area (Å²) in [5.41, 5.74) is 3.42. The van der Waals surface area contributed by atoms with Crippen molar-refractivity contribution in [1.82, 2.24) is 19.9 Å². The molecule has 0 spiro atoms. The molecule has 2 bridgehead atoms. The average molecular weight is 637 g/mol. The highest BCUT2D eigenvalue weighted by Gasteiger charge is 2.49. The molecule has 2 aliphatic heterocycles. The molecule has 7 nitrogen and oxygen atoms in total. The number of pyridine rings is 1. The number of amides is 1. The molecule has 2 aromatic carbocycles. The molecule has 0 saturated heterocycles. The normalized spacial score (nSPS) is 24.6. The number of benzene rings is 2. The Morgan fingerprint density at radius 3 is 2.67 bits per heavy atom. The second kappa shape index (κ2) is 10.8. The van der Waals surface area contributed by atoms with E-state index >= 15 is 4.39 Å². The maximum Gasteiger partial charge on any atom is 0.387 e. The van der Waals surface area contributed by atoms with Gasteiger partial charge in [-0.3, -0.25) is 9.78 Å². The SMILES string of the molecule is C[C@H]1CC[C@]1(CC[S@@+]([O-])C(C)(C)C)c1ncc(-c2ccc3nc4n(c3c2)C2C[C@H]4NC(=O)c3cccc(OC(F)F)c32)cc1F. The van der Waals surface area contributed by atoms with Crippen molar-refractivity contribution in [3.8, 4) is 16.9 Å². The van der Waals surface area contributed by atoms with Gasteiger partial charge in [-0.05, 0) is 93.0 Å². The van der Waals surface area contributed by atoms with Gasteiger partial charge in [0.15, 0.2) is 0 Å². The van der Waals surface area contributed by atoms with E-state index in [1.165, 1.54) is 18.2 Å². The third kappa shape index (κ3) is 4.90. The van der Waals surface area contributed by atoms with Gasteiger partial charge in [0, 0.05) is 34.7 Å². The van der Waals surface area contributed by atoms with Gasteiger partial charge < -0.3 is 19.2 Å². The fourth-order valence-electron chi connectivity index (χ4n) is 7.36. The zero-order valence-electron chi connectivity index (χ0n) is 25.6. The van der Waals surface area contributed by atoms with Crippen LogP contribution in [-0.4, -0.2) is 42.1 Å². The Bertz CT molecular complexity index is 1820. The molecule has 1 saturated carbocycles. The Hall–Kier alpha value is -3.57. The summed E-state index contributed by atoms with van der Waals surface area (Å²) >= 11 is -1.04. The van der Waals surface area contributed by atoms with Crippen LogP contribution in [0.5, 0.6) is 5.75 Å². The van der Waals surface area contributed by atoms with Crippen LogP contribution in [0.25, 0.3) is 22.2 Å². The fourth-order valence-corrected chi connectivity index (χ4v) is 8.52. The molecule has 1 N–H and O–H groups in total. The third-order valence-corrected chi connectivity index (χ3v) is 11.9. The minimum absolute atomic E-state index is 0.0403. The minimum atomic E-state index is -3.04. The summed E-state index contributed by atoms with van der Waals surface area (Å²) in [7, 11) is 0. The molecule has 11 heteroatoms. The molecule has 4 aromatic rings. The number of aromatic nitrogens is 3. The Balaban J connectivity index is 1.26. The van der Waals surface area contributed by atoms with Gasteiger partial charge >= 0.3 is 6.61 Å². The van der Waals surface area contributed by atoms with Gasteiger partial charge in [0.2, 0.25) is 0 Å². The van der Waals surface area contributed by atoms with Crippen LogP contribution in [0.15, 0.2) is 48.7 Å². The van der Waals surface area contributed by atoms with E-state index in [4.69, 9.17) is 14.7 Å². The molecular formula is C34H35F3N4O3S. The van der Waals surface area contributed by atoms with Crippen molar-refractivity contribution in [3.05, 3.63) is 77.1 Å². The number of nitrogens with zero attached hydrogens (tertiary/aromatic N) is 3. The van der Waals surface area contributed by atoms with E-state index in [1.807, 2.05) is 43.5 Å². The molecule has 4 heterocycles. The van der Waals surface area contributed by atoms with Crippen LogP contribution in [0.3, 0.4) is 0 Å². The summed E-state index contributed by atoms with van der Waals surface area (Å²) in [6, 6.07) is 10.9. The van der Waals surface area contributed by atoms with Crippen molar-refractivity contribution in [2.24, 2.45) is 5.92 Å². The summed E-state index contributed by atoms with van der Waals surface area (Å²) in [5, 5.41) is 2.99. The maximum absolute atomic E-state index is 16.0. The number of carbonyl (C=O) groups is 1. The lowest BCUT2D eigenvalue weighted by Gasteiger charge is -2.48. The topological polar surface area (TPSA) is 92.1 Å². The monoisotopic (exact) mass is 636 g/mol. The van der Waals surface area contributed by atoms with Crippen LogP contribution >= 0.6 is 0 Å². The quantitative estimate of drug-likeness (QED) is 0.216. The zero-order valence-corrected chi connectivity index (χ0v) is 26.4. The number of halogens is 3. The predicted molar refractivity (Wildman–Crippen MR) is 166 cm³/mol. The van der Waals surface area contributed by atoms with Crippen molar-refractivity contribution < 1.29 is 27.3 Å². The van der Waals surface area contributed by atoms with Crippen molar-refractivity contribution in [2.75, 3.05) is 5.75 Å². The van der Waals surface area contributed by atoms with Gasteiger partial charge in [-0.25, -0.2) is 9.37 Å². The number of imidazole rings is 1. The molecule has 45 heavy (non-hydrogen) atoms. The van der Waals surface area contributed by atoms with E-state index in [0.29, 0.717) is 46.8 Å². The number of nitrogens with one attached hydrogen (secondary N) is 1. The smallest absolute Gasteiger partial charge is 0.387 e. The first-order valence-corrected chi connectivity index (χ1v) is 16.6. The molecule has 5 atom stereocenters. The highest BCUT2D eigenvalue weighted by Crippen LogP contribution is 2.52. The first kappa shape index (κ1) is 30.1. The first-order chi connectivity index (χ1) is 21.4. The lowest BCUT2D eigenvalue weighted by atomic mass is 9.57. The summed E-state index contributed by atoms with van der Waals surface area (Å²) in [6.45, 7) is 4.95. The Kier molecular flexibility index (Phi) is 7.20. The molecule has 0 radical (unpaired) electrons. The molecule has 1 aliphatic carbocycles. The van der Waals surface area contributed by atoms with E-state index in [1.54, 1.807) is 12.3 Å². The average Bonchev–Trinajstić information content (AvgIpc) is 3.48. The van der Waals surface area contributed by atoms with Crippen molar-refractivity contribution in [2.45, 2.75) is 82.2 Å². The summed E-state index contributed by atoms with van der Waals surface area (Å²) < 4.78 is 62.1. The van der Waals surface area contributed by atoms with Gasteiger partial charge in [-0.15, -0.1) is 0 Å². The van der Waals surface area contributed by atoms with Crippen LogP contribution in [0, 0.1) is 11.7 Å². The lowest BCUT2D eigenvalue weighted by molar-refractivity contribution is -0.0507. The third-order valence-electron chi connectivity index (χ3n) is 9.99. The highest BCUT2D eigenvalue weighted by molar-refractivity contribution is 7.92. The van der Waals surface area contributed by atoms with Crippen LogP contribution < -0.4 is 10.1 Å². The van der Waals surface area contributed by atoms with Gasteiger partial charge in [-0.2, -0.15) is 8.78 Å². The van der Waals surface area contributed by atoms with Crippen LogP contribution in [-0.2, 0) is 16.6 Å². The minimum Gasteiger partial charge on any atom is -0.616 e. The second-order valence-corrected chi connectivity index (χ2v) is 15.8. The van der Waals surface area contributed by atoms with Gasteiger partial charge in [0.25, 0.3) is 5.91 Å². The van der Waals surface area contributed by atoms with E-state index in [9.17, 15) is 18.1 Å². The number of hydrogen-bond acceptors (Lipinski definition) is 5. The molecule has 3 aliphatic rings. The van der Waals surface area contributed by atoms with Crippen molar-refractivity contribution >= 4 is 28.1 Å². The van der Waals surface area contributed by atoms with E-state index < -0.39 is 35.3 Å². The van der Waals surface area contributed by atoms with Crippen LogP contribution in [0.1, 0.15) is 92.9 Å². The number of carbonyl (C=O) groups excluding carboxylic acids is 1. The number of alkyl halides is 2. The molecule has 7 rings (SSSR count). The standard InChI is InChI=1S/C34H35F3N4O3S/c1-18-10-11-34(18,12-13-45(43)33(2,3)4)29-22(35)14-20(17-38-29)19-8-9-23-25(15-19)41-26-16-24(30(41)39-23)40-31(42)21-6-5-7-27(28(21)26)44-32(36)37/h5-9,14-15,17-18,24,26,32H,10-13,16H2,1-4H3,(H,40,42)/t18-,24+,26?,34+,45+/m0/s1. The Labute approximate surface area is 262 Å². The Morgan fingerprint density at radius 1 is 1.20 bits per heavy atom. The summed E-state index contributed by atoms with van der Waals surface area (Å²) in [5.74, 6) is 0.583. The van der Waals surface area contributed by atoms with Crippen LogP contribution in [0.4, 0.5) is 13.2 Å². The van der Waals surface area contributed by atoms with Gasteiger partial charge in [-0.1, -0.05) is 19.1 Å². The number of rotatable bonds is 7. The number of ether oxygens (including phenoxy) is 1. The second-order valence-electron chi connectivity index (χ2n) is 13.5. The lowest BCUT2D eigenvalue weighted by Crippen LogP contribution is -2.46. The number of hydrogen-bond donors (Lipinski definition) is 1.